The first-order chi connectivity index (χ1) is 5.84. The van der Waals surface area contributed by atoms with Crippen LogP contribution < -0.4 is 10.9 Å². The summed E-state index contributed by atoms with van der Waals surface area (Å²) in [5.74, 6) is 1.45. The van der Waals surface area contributed by atoms with E-state index in [4.69, 9.17) is 0 Å². The normalized spacial score (nSPS) is 17.3. The third-order valence-corrected chi connectivity index (χ3v) is 2.07. The molecule has 0 spiro atoms. The van der Waals surface area contributed by atoms with E-state index >= 15 is 0 Å². The summed E-state index contributed by atoms with van der Waals surface area (Å²) < 4.78 is 0. The third kappa shape index (κ3) is 1.53. The minimum Gasteiger partial charge on any atom is -0.316 e. The zero-order valence-electron chi connectivity index (χ0n) is 6.71. The molecule has 1 fully saturated rings. The Labute approximate surface area is 70.0 Å². The fourth-order valence-electron chi connectivity index (χ4n) is 1.28. The average Bonchev–Trinajstić information content (AvgIpc) is 1.97. The van der Waals surface area contributed by atoms with Crippen LogP contribution in [0.4, 0.5) is 0 Å². The van der Waals surface area contributed by atoms with E-state index in [0.29, 0.717) is 5.92 Å². The lowest BCUT2D eigenvalue weighted by Gasteiger charge is -2.26. The highest BCUT2D eigenvalue weighted by Gasteiger charge is 2.17. The molecule has 0 unspecified atom stereocenters. The molecule has 2 rings (SSSR count). The van der Waals surface area contributed by atoms with Crippen molar-refractivity contribution >= 4 is 0 Å². The van der Waals surface area contributed by atoms with E-state index in [2.05, 4.69) is 15.3 Å². The zero-order valence-corrected chi connectivity index (χ0v) is 6.71. The molecule has 64 valence electrons. The quantitative estimate of drug-likeness (QED) is 0.623. The van der Waals surface area contributed by atoms with Gasteiger partial charge in [0.05, 0.1) is 0 Å². The highest BCUT2D eigenvalue weighted by Crippen LogP contribution is 2.07. The summed E-state index contributed by atoms with van der Waals surface area (Å²) in [5, 5.41) is 3.18. The second kappa shape index (κ2) is 3.06. The van der Waals surface area contributed by atoms with Crippen LogP contribution in [0.5, 0.6) is 0 Å². The van der Waals surface area contributed by atoms with Gasteiger partial charge in [0.1, 0.15) is 5.82 Å². The van der Waals surface area contributed by atoms with Gasteiger partial charge in [-0.2, -0.15) is 0 Å². The predicted molar refractivity (Wildman–Crippen MR) is 44.9 cm³/mol. The number of hydrogen-bond donors (Lipinski definition) is 2. The maximum atomic E-state index is 10.9. The Hall–Kier alpha value is -1.16. The number of aromatic nitrogens is 2. The van der Waals surface area contributed by atoms with Gasteiger partial charge in [-0.15, -0.1) is 0 Å². The van der Waals surface area contributed by atoms with E-state index in [0.717, 1.165) is 25.3 Å². The van der Waals surface area contributed by atoms with Crippen molar-refractivity contribution in [1.29, 1.82) is 0 Å². The molecule has 1 aromatic rings. The van der Waals surface area contributed by atoms with Crippen LogP contribution >= 0.6 is 0 Å². The molecule has 0 amide bonds. The van der Waals surface area contributed by atoms with Gasteiger partial charge in [-0.25, -0.2) is 4.98 Å². The molecule has 0 aromatic carbocycles. The van der Waals surface area contributed by atoms with Gasteiger partial charge in [0.15, 0.2) is 0 Å². The summed E-state index contributed by atoms with van der Waals surface area (Å²) in [6, 6.07) is 1.43. The summed E-state index contributed by atoms with van der Waals surface area (Å²) in [5.41, 5.74) is -0.0627. The molecular weight excluding hydrogens is 154 g/mol. The molecule has 0 radical (unpaired) electrons. The van der Waals surface area contributed by atoms with Crippen molar-refractivity contribution in [3.8, 4) is 0 Å². The molecule has 12 heavy (non-hydrogen) atoms. The molecule has 1 aliphatic rings. The maximum absolute atomic E-state index is 10.9. The number of aromatic amines is 1. The van der Waals surface area contributed by atoms with Gasteiger partial charge in [-0.1, -0.05) is 0 Å². The Morgan fingerprint density at radius 2 is 2.42 bits per heavy atom. The first kappa shape index (κ1) is 7.49. The van der Waals surface area contributed by atoms with E-state index in [-0.39, 0.29) is 5.56 Å². The van der Waals surface area contributed by atoms with Crippen LogP contribution in [-0.2, 0) is 6.42 Å². The highest BCUT2D eigenvalue weighted by atomic mass is 16.1. The Bertz CT molecular complexity index is 316. The summed E-state index contributed by atoms with van der Waals surface area (Å²) in [7, 11) is 0. The van der Waals surface area contributed by atoms with Gasteiger partial charge in [0.2, 0.25) is 0 Å². The van der Waals surface area contributed by atoms with Crippen molar-refractivity contribution in [3.63, 3.8) is 0 Å². The summed E-state index contributed by atoms with van der Waals surface area (Å²) >= 11 is 0. The maximum Gasteiger partial charge on any atom is 0.250 e. The van der Waals surface area contributed by atoms with Crippen LogP contribution in [0, 0.1) is 5.92 Å². The summed E-state index contributed by atoms with van der Waals surface area (Å²) in [6.45, 7) is 2.08. The molecule has 2 N–H and O–H groups in total. The van der Waals surface area contributed by atoms with E-state index in [9.17, 15) is 4.79 Å². The number of nitrogens with one attached hydrogen (secondary N) is 2. The van der Waals surface area contributed by atoms with Crippen LogP contribution in [0.1, 0.15) is 5.82 Å². The smallest absolute Gasteiger partial charge is 0.250 e. The Morgan fingerprint density at radius 1 is 1.58 bits per heavy atom. The largest absolute Gasteiger partial charge is 0.316 e. The van der Waals surface area contributed by atoms with Crippen LogP contribution in [0.2, 0.25) is 0 Å². The second-order valence-electron chi connectivity index (χ2n) is 3.11. The first-order valence-electron chi connectivity index (χ1n) is 4.09. The average molecular weight is 165 g/mol. The molecule has 4 nitrogen and oxygen atoms in total. The van der Waals surface area contributed by atoms with Crippen molar-refractivity contribution in [2.45, 2.75) is 6.42 Å². The number of nitrogens with zero attached hydrogens (tertiary/aromatic N) is 1. The van der Waals surface area contributed by atoms with Crippen LogP contribution in [0.25, 0.3) is 0 Å². The van der Waals surface area contributed by atoms with Gasteiger partial charge in [0, 0.05) is 18.7 Å². The number of rotatable bonds is 2. The molecule has 1 saturated heterocycles. The Morgan fingerprint density at radius 3 is 3.00 bits per heavy atom. The van der Waals surface area contributed by atoms with Gasteiger partial charge in [0.25, 0.3) is 5.56 Å². The Balaban J connectivity index is 2.06. The minimum absolute atomic E-state index is 0.0627. The lowest BCUT2D eigenvalue weighted by molar-refractivity contribution is 0.341. The molecule has 0 atom stereocenters. The Kier molecular flexibility index (Phi) is 1.91. The van der Waals surface area contributed by atoms with Crippen molar-refractivity contribution in [3.05, 3.63) is 28.4 Å². The van der Waals surface area contributed by atoms with E-state index in [1.54, 1.807) is 6.20 Å². The van der Waals surface area contributed by atoms with E-state index in [1.807, 2.05) is 0 Å². The molecular formula is C8H11N3O. The molecule has 4 heteroatoms. The molecule has 2 heterocycles. The van der Waals surface area contributed by atoms with E-state index in [1.165, 1.54) is 6.07 Å². The van der Waals surface area contributed by atoms with Crippen molar-refractivity contribution in [2.75, 3.05) is 13.1 Å². The lowest BCUT2D eigenvalue weighted by atomic mass is 9.99. The van der Waals surface area contributed by atoms with Crippen LogP contribution in [-0.4, -0.2) is 23.1 Å². The monoisotopic (exact) mass is 165 g/mol. The number of H-pyrrole nitrogens is 1. The highest BCUT2D eigenvalue weighted by molar-refractivity contribution is 4.93. The lowest BCUT2D eigenvalue weighted by Crippen LogP contribution is -2.43. The van der Waals surface area contributed by atoms with E-state index < -0.39 is 0 Å². The first-order valence-corrected chi connectivity index (χ1v) is 4.09. The van der Waals surface area contributed by atoms with Gasteiger partial charge < -0.3 is 10.3 Å². The summed E-state index contributed by atoms with van der Waals surface area (Å²) in [4.78, 5) is 17.7. The van der Waals surface area contributed by atoms with Crippen molar-refractivity contribution in [1.82, 2.24) is 15.3 Å². The third-order valence-electron chi connectivity index (χ3n) is 2.07. The molecule has 0 aliphatic carbocycles. The van der Waals surface area contributed by atoms with Gasteiger partial charge in [-0.3, -0.25) is 4.79 Å². The molecule has 0 bridgehead atoms. The number of hydrogen-bond acceptors (Lipinski definition) is 3. The minimum atomic E-state index is -0.0627. The standard InChI is InChI=1S/C8H11N3O/c12-8-1-2-10-7(11-8)3-6-4-9-5-6/h1-2,6,9H,3-5H2,(H,10,11,12). The van der Waals surface area contributed by atoms with Crippen LogP contribution in [0.3, 0.4) is 0 Å². The predicted octanol–water partition coefficient (Wildman–Crippen LogP) is -0.468. The van der Waals surface area contributed by atoms with Crippen molar-refractivity contribution < 1.29 is 0 Å². The SMILES string of the molecule is O=c1ccnc(CC2CNC2)[nH]1. The summed E-state index contributed by atoms with van der Waals surface area (Å²) in [6.07, 6.45) is 2.43. The zero-order chi connectivity index (χ0) is 8.39. The molecule has 1 aliphatic heterocycles. The van der Waals surface area contributed by atoms with Gasteiger partial charge >= 0.3 is 0 Å². The molecule has 1 aromatic heterocycles. The fourth-order valence-corrected chi connectivity index (χ4v) is 1.28. The van der Waals surface area contributed by atoms with Crippen molar-refractivity contribution in [2.24, 2.45) is 5.92 Å². The molecule has 0 saturated carbocycles. The van der Waals surface area contributed by atoms with Gasteiger partial charge in [-0.05, 0) is 19.0 Å². The van der Waals surface area contributed by atoms with Crippen LogP contribution in [0.15, 0.2) is 17.1 Å². The second-order valence-corrected chi connectivity index (χ2v) is 3.11. The topological polar surface area (TPSA) is 57.8 Å². The fraction of sp³-hybridized carbons (Fsp3) is 0.500.